The van der Waals surface area contributed by atoms with Gasteiger partial charge in [-0.2, -0.15) is 8.78 Å². The van der Waals surface area contributed by atoms with Crippen molar-refractivity contribution in [2.75, 3.05) is 19.6 Å². The maximum atomic E-state index is 12.5. The predicted molar refractivity (Wildman–Crippen MR) is 77.6 cm³/mol. The van der Waals surface area contributed by atoms with E-state index < -0.39 is 6.61 Å². The summed E-state index contributed by atoms with van der Waals surface area (Å²) in [6.07, 6.45) is 2.37. The van der Waals surface area contributed by atoms with Crippen LogP contribution in [-0.4, -0.2) is 37.2 Å². The number of hydrogen-bond donors (Lipinski definition) is 1. The largest absolute Gasteiger partial charge is 0.434 e. The second kappa shape index (κ2) is 6.28. The number of nitrogens with one attached hydrogen (secondary N) is 1. The van der Waals surface area contributed by atoms with E-state index in [9.17, 15) is 8.78 Å². The molecule has 2 saturated heterocycles. The van der Waals surface area contributed by atoms with E-state index in [1.807, 2.05) is 19.1 Å². The van der Waals surface area contributed by atoms with E-state index in [4.69, 9.17) is 0 Å². The predicted octanol–water partition coefficient (Wildman–Crippen LogP) is 3.03. The first-order valence-corrected chi connectivity index (χ1v) is 7.65. The molecule has 0 saturated carbocycles. The Kier molecular flexibility index (Phi) is 4.40. The van der Waals surface area contributed by atoms with Crippen LogP contribution in [0.25, 0.3) is 0 Å². The molecule has 2 aliphatic heterocycles. The summed E-state index contributed by atoms with van der Waals surface area (Å²) >= 11 is 0. The lowest BCUT2D eigenvalue weighted by atomic mass is 9.92. The van der Waals surface area contributed by atoms with Crippen molar-refractivity contribution in [1.29, 1.82) is 0 Å². The minimum absolute atomic E-state index is 0.0112. The highest BCUT2D eigenvalue weighted by Gasteiger charge is 2.34. The average Bonchev–Trinajstić information content (AvgIpc) is 2.84. The molecule has 0 radical (unpaired) electrons. The van der Waals surface area contributed by atoms with Crippen molar-refractivity contribution in [2.45, 2.75) is 38.5 Å². The highest BCUT2D eigenvalue weighted by molar-refractivity contribution is 5.35. The molecule has 5 heteroatoms. The number of rotatable bonds is 5. The molecule has 2 aliphatic rings. The molecule has 0 amide bonds. The van der Waals surface area contributed by atoms with Gasteiger partial charge in [0.25, 0.3) is 0 Å². The fraction of sp³-hybridized carbons (Fsp3) is 0.625. The molecule has 3 rings (SSSR count). The summed E-state index contributed by atoms with van der Waals surface area (Å²) in [7, 11) is 0. The maximum Gasteiger partial charge on any atom is 0.387 e. The summed E-state index contributed by atoms with van der Waals surface area (Å²) in [6, 6.07) is 7.54. The van der Waals surface area contributed by atoms with Crippen molar-refractivity contribution in [1.82, 2.24) is 10.2 Å². The molecule has 2 fully saturated rings. The maximum absolute atomic E-state index is 12.5. The fourth-order valence-electron chi connectivity index (χ4n) is 3.62. The monoisotopic (exact) mass is 296 g/mol. The van der Waals surface area contributed by atoms with Crippen LogP contribution in [0.5, 0.6) is 5.75 Å². The number of halogens is 2. The SMILES string of the molecule is CC(NC1CCN2CCC1C2)c1ccccc1OC(F)F. The Labute approximate surface area is 124 Å². The Balaban J connectivity index is 1.68. The molecule has 2 heterocycles. The molecule has 1 N–H and O–H groups in total. The number of hydrogen-bond acceptors (Lipinski definition) is 3. The van der Waals surface area contributed by atoms with E-state index in [1.54, 1.807) is 12.1 Å². The normalized spacial score (nSPS) is 29.6. The van der Waals surface area contributed by atoms with E-state index >= 15 is 0 Å². The number of nitrogens with zero attached hydrogens (tertiary/aromatic N) is 1. The molecular weight excluding hydrogens is 274 g/mol. The van der Waals surface area contributed by atoms with Gasteiger partial charge in [-0.25, -0.2) is 0 Å². The molecule has 0 aromatic heterocycles. The Morgan fingerprint density at radius 3 is 2.81 bits per heavy atom. The van der Waals surface area contributed by atoms with Crippen molar-refractivity contribution in [3.8, 4) is 5.75 Å². The number of alkyl halides is 2. The summed E-state index contributed by atoms with van der Waals surface area (Å²) in [5.41, 5.74) is 0.804. The van der Waals surface area contributed by atoms with Gasteiger partial charge in [-0.15, -0.1) is 0 Å². The van der Waals surface area contributed by atoms with Crippen LogP contribution in [0.1, 0.15) is 31.4 Å². The summed E-state index contributed by atoms with van der Waals surface area (Å²) in [5, 5.41) is 3.62. The van der Waals surface area contributed by atoms with Crippen LogP contribution < -0.4 is 10.1 Å². The van der Waals surface area contributed by atoms with Crippen molar-refractivity contribution < 1.29 is 13.5 Å². The second-order valence-corrected chi connectivity index (χ2v) is 6.05. The molecule has 0 spiro atoms. The van der Waals surface area contributed by atoms with Crippen LogP contribution in [0.3, 0.4) is 0 Å². The number of para-hydroxylation sites is 1. The van der Waals surface area contributed by atoms with Gasteiger partial charge in [0.15, 0.2) is 0 Å². The molecule has 4 atom stereocenters. The van der Waals surface area contributed by atoms with Gasteiger partial charge in [0.1, 0.15) is 5.75 Å². The third-order valence-electron chi connectivity index (χ3n) is 4.70. The Bertz CT molecular complexity index is 483. The first kappa shape index (κ1) is 14.7. The zero-order valence-corrected chi connectivity index (χ0v) is 12.3. The lowest BCUT2D eigenvalue weighted by molar-refractivity contribution is -0.0507. The standard InChI is InChI=1S/C16H22F2N2O/c1-11(13-4-2-3-5-15(13)21-16(17)18)19-14-7-9-20-8-6-12(14)10-20/h2-5,11-12,14,16,19H,6-10H2,1H3. The minimum atomic E-state index is -2.78. The third kappa shape index (κ3) is 3.35. The van der Waals surface area contributed by atoms with E-state index in [0.29, 0.717) is 12.0 Å². The van der Waals surface area contributed by atoms with Gasteiger partial charge in [0, 0.05) is 24.2 Å². The number of fused-ring (bicyclic) bond motifs is 2. The highest BCUT2D eigenvalue weighted by atomic mass is 19.3. The van der Waals surface area contributed by atoms with Crippen molar-refractivity contribution in [3.63, 3.8) is 0 Å². The summed E-state index contributed by atoms with van der Waals surface area (Å²) < 4.78 is 29.6. The van der Waals surface area contributed by atoms with Gasteiger partial charge in [-0.3, -0.25) is 0 Å². The third-order valence-corrected chi connectivity index (χ3v) is 4.70. The van der Waals surface area contributed by atoms with Gasteiger partial charge in [0.2, 0.25) is 0 Å². The van der Waals surface area contributed by atoms with Gasteiger partial charge in [0.05, 0.1) is 0 Å². The quantitative estimate of drug-likeness (QED) is 0.904. The summed E-state index contributed by atoms with van der Waals surface area (Å²) in [6.45, 7) is 2.74. The number of ether oxygens (including phenoxy) is 1. The van der Waals surface area contributed by atoms with Crippen LogP contribution >= 0.6 is 0 Å². The summed E-state index contributed by atoms with van der Waals surface area (Å²) in [4.78, 5) is 2.50. The lowest BCUT2D eigenvalue weighted by Crippen LogP contribution is -2.44. The molecular formula is C16H22F2N2O. The highest BCUT2D eigenvalue weighted by Crippen LogP contribution is 2.31. The Morgan fingerprint density at radius 2 is 2.00 bits per heavy atom. The molecule has 2 bridgehead atoms. The number of benzene rings is 1. The van der Waals surface area contributed by atoms with Crippen LogP contribution in [-0.2, 0) is 0 Å². The lowest BCUT2D eigenvalue weighted by Gasteiger charge is -2.33. The molecule has 21 heavy (non-hydrogen) atoms. The molecule has 1 aromatic rings. The molecule has 3 nitrogen and oxygen atoms in total. The van der Waals surface area contributed by atoms with Crippen LogP contribution in [0, 0.1) is 5.92 Å². The van der Waals surface area contributed by atoms with E-state index in [1.165, 1.54) is 19.5 Å². The molecule has 1 aromatic carbocycles. The Morgan fingerprint density at radius 1 is 1.24 bits per heavy atom. The topological polar surface area (TPSA) is 24.5 Å². The zero-order chi connectivity index (χ0) is 14.8. The van der Waals surface area contributed by atoms with Crippen LogP contribution in [0.15, 0.2) is 24.3 Å². The first-order valence-electron chi connectivity index (χ1n) is 7.65. The van der Waals surface area contributed by atoms with E-state index in [0.717, 1.165) is 18.5 Å². The number of piperidine rings is 1. The molecule has 0 aliphatic carbocycles. The van der Waals surface area contributed by atoms with E-state index in [2.05, 4.69) is 15.0 Å². The molecule has 116 valence electrons. The van der Waals surface area contributed by atoms with Gasteiger partial charge >= 0.3 is 6.61 Å². The Hall–Kier alpha value is -1.20. The summed E-state index contributed by atoms with van der Waals surface area (Å²) in [5.74, 6) is 0.959. The van der Waals surface area contributed by atoms with E-state index in [-0.39, 0.29) is 11.8 Å². The van der Waals surface area contributed by atoms with Crippen molar-refractivity contribution in [3.05, 3.63) is 29.8 Å². The van der Waals surface area contributed by atoms with Crippen molar-refractivity contribution in [2.24, 2.45) is 5.92 Å². The van der Waals surface area contributed by atoms with Gasteiger partial charge < -0.3 is 15.0 Å². The minimum Gasteiger partial charge on any atom is -0.434 e. The first-order chi connectivity index (χ1) is 10.1. The van der Waals surface area contributed by atoms with Crippen molar-refractivity contribution >= 4 is 0 Å². The zero-order valence-electron chi connectivity index (χ0n) is 12.3. The van der Waals surface area contributed by atoms with Gasteiger partial charge in [-0.1, -0.05) is 18.2 Å². The fourth-order valence-corrected chi connectivity index (χ4v) is 3.62. The second-order valence-electron chi connectivity index (χ2n) is 6.05. The van der Waals surface area contributed by atoms with Crippen LogP contribution in [0.4, 0.5) is 8.78 Å². The average molecular weight is 296 g/mol. The smallest absolute Gasteiger partial charge is 0.387 e. The van der Waals surface area contributed by atoms with Crippen LogP contribution in [0.2, 0.25) is 0 Å². The molecule has 4 unspecified atom stereocenters. The van der Waals surface area contributed by atoms with Gasteiger partial charge in [-0.05, 0) is 44.8 Å².